The molecule has 0 amide bonds. The van der Waals surface area contributed by atoms with Gasteiger partial charge in [-0.05, 0) is 95.1 Å². The van der Waals surface area contributed by atoms with Gasteiger partial charge in [0.2, 0.25) is 0 Å². The van der Waals surface area contributed by atoms with Gasteiger partial charge in [0.1, 0.15) is 6.10 Å². The molecule has 0 aliphatic heterocycles. The zero-order valence-electron chi connectivity index (χ0n) is 11.0. The van der Waals surface area contributed by atoms with Crippen LogP contribution < -0.4 is 0 Å². The molecule has 1 heterocycles. The van der Waals surface area contributed by atoms with Gasteiger partial charge in [-0.25, -0.2) is 0 Å². The monoisotopic (exact) mass is 372 g/mol. The molecule has 0 saturated heterocycles. The molecule has 3 heteroatoms. The molecule has 1 aromatic carbocycles. The van der Waals surface area contributed by atoms with Gasteiger partial charge in [-0.1, -0.05) is 6.07 Å². The maximum Gasteiger partial charge on any atom is 0.105 e. The minimum atomic E-state index is -0.511. The van der Waals surface area contributed by atoms with Crippen LogP contribution in [-0.4, -0.2) is 5.11 Å². The maximum atomic E-state index is 10.6. The Hall–Kier alpha value is -0.390. The van der Waals surface area contributed by atoms with Crippen molar-refractivity contribution in [2.24, 2.45) is 0 Å². The Bertz CT molecular complexity index is 560. The summed E-state index contributed by atoms with van der Waals surface area (Å²) in [7, 11) is 0. The average Bonchev–Trinajstić information content (AvgIpc) is 2.73. The highest BCUT2D eigenvalue weighted by molar-refractivity contribution is 14.1. The zero-order valence-corrected chi connectivity index (χ0v) is 14.0. The van der Waals surface area contributed by atoms with Crippen LogP contribution in [0.25, 0.3) is 0 Å². The molecule has 0 aliphatic carbocycles. The molecule has 1 atom stereocenters. The summed E-state index contributed by atoms with van der Waals surface area (Å²) in [5, 5.41) is 12.7. The number of aliphatic hydroxyl groups excluding tert-OH is 1. The van der Waals surface area contributed by atoms with Gasteiger partial charge >= 0.3 is 0 Å². The molecule has 0 spiro atoms. The van der Waals surface area contributed by atoms with Gasteiger partial charge in [0.05, 0.1) is 2.88 Å². The summed E-state index contributed by atoms with van der Waals surface area (Å²) < 4.78 is 1.21. The van der Waals surface area contributed by atoms with E-state index >= 15 is 0 Å². The quantitative estimate of drug-likeness (QED) is 0.760. The second-order valence-corrected chi connectivity index (χ2v) is 7.57. The predicted octanol–water partition coefficient (Wildman–Crippen LogP) is 4.67. The first-order valence-electron chi connectivity index (χ1n) is 5.91. The number of rotatable bonds is 2. The van der Waals surface area contributed by atoms with Gasteiger partial charge < -0.3 is 5.11 Å². The van der Waals surface area contributed by atoms with Crippen molar-refractivity contribution < 1.29 is 5.11 Å². The van der Waals surface area contributed by atoms with E-state index in [-0.39, 0.29) is 0 Å². The van der Waals surface area contributed by atoms with Crippen molar-refractivity contribution >= 4 is 33.9 Å². The molecule has 18 heavy (non-hydrogen) atoms. The Morgan fingerprint density at radius 2 is 1.61 bits per heavy atom. The number of hydrogen-bond donors (Lipinski definition) is 1. The predicted molar refractivity (Wildman–Crippen MR) is 86.5 cm³/mol. The molecular weight excluding hydrogens is 355 g/mol. The Kier molecular flexibility index (Phi) is 4.14. The fourth-order valence-corrected chi connectivity index (χ4v) is 3.68. The Morgan fingerprint density at radius 1 is 1.06 bits per heavy atom. The lowest BCUT2D eigenvalue weighted by Gasteiger charge is -2.19. The van der Waals surface area contributed by atoms with Gasteiger partial charge in [0.25, 0.3) is 0 Å². The first-order chi connectivity index (χ1) is 8.41. The summed E-state index contributed by atoms with van der Waals surface area (Å²) in [6.07, 6.45) is -0.511. The van der Waals surface area contributed by atoms with E-state index in [1.165, 1.54) is 25.1 Å². The van der Waals surface area contributed by atoms with Crippen molar-refractivity contribution in [3.8, 4) is 0 Å². The smallest absolute Gasteiger partial charge is 0.105 e. The van der Waals surface area contributed by atoms with Crippen molar-refractivity contribution in [1.82, 2.24) is 0 Å². The van der Waals surface area contributed by atoms with Gasteiger partial charge in [0.15, 0.2) is 0 Å². The van der Waals surface area contributed by atoms with Crippen LogP contribution in [-0.2, 0) is 0 Å². The molecule has 0 fully saturated rings. The van der Waals surface area contributed by atoms with E-state index in [4.69, 9.17) is 0 Å². The fourth-order valence-electron chi connectivity index (χ4n) is 2.29. The average molecular weight is 372 g/mol. The number of benzene rings is 1. The summed E-state index contributed by atoms with van der Waals surface area (Å²) in [5.41, 5.74) is 6.97. The molecule has 0 saturated carbocycles. The maximum absolute atomic E-state index is 10.6. The number of halogens is 1. The minimum Gasteiger partial charge on any atom is -0.384 e. The van der Waals surface area contributed by atoms with E-state index in [9.17, 15) is 5.11 Å². The molecule has 1 nitrogen and oxygen atoms in total. The molecule has 0 radical (unpaired) electrons. The third-order valence-electron chi connectivity index (χ3n) is 3.60. The van der Waals surface area contributed by atoms with Crippen molar-refractivity contribution in [2.45, 2.75) is 33.8 Å². The highest BCUT2D eigenvalue weighted by Gasteiger charge is 2.19. The summed E-state index contributed by atoms with van der Waals surface area (Å²) in [4.78, 5) is 0. The van der Waals surface area contributed by atoms with Crippen molar-refractivity contribution in [1.29, 1.82) is 0 Å². The second-order valence-electron chi connectivity index (χ2n) is 4.76. The van der Waals surface area contributed by atoms with Crippen LogP contribution in [0.5, 0.6) is 0 Å². The standard InChI is InChI=1S/C15H17IOS/c1-8-5-9(2)11(4)14(10(8)3)15(17)12-6-13(16)18-7-12/h5-7,15,17H,1-4H3. The lowest BCUT2D eigenvalue weighted by Crippen LogP contribution is -2.06. The topological polar surface area (TPSA) is 20.2 Å². The summed E-state index contributed by atoms with van der Waals surface area (Å²) in [5.74, 6) is 0. The molecule has 1 N–H and O–H groups in total. The third-order valence-corrected chi connectivity index (χ3v) is 5.41. The van der Waals surface area contributed by atoms with Crippen LogP contribution in [0, 0.1) is 30.6 Å². The largest absolute Gasteiger partial charge is 0.384 e. The zero-order chi connectivity index (χ0) is 13.4. The van der Waals surface area contributed by atoms with E-state index in [2.05, 4.69) is 62.4 Å². The number of hydrogen-bond acceptors (Lipinski definition) is 2. The van der Waals surface area contributed by atoms with Gasteiger partial charge in [0, 0.05) is 0 Å². The van der Waals surface area contributed by atoms with E-state index in [1.807, 2.05) is 5.38 Å². The number of aryl methyl sites for hydroxylation is 2. The lowest BCUT2D eigenvalue weighted by molar-refractivity contribution is 0.219. The van der Waals surface area contributed by atoms with Crippen LogP contribution in [0.15, 0.2) is 17.5 Å². The molecule has 2 rings (SSSR count). The van der Waals surface area contributed by atoms with Crippen LogP contribution in [0.1, 0.15) is 39.5 Å². The molecule has 2 aromatic rings. The highest BCUT2D eigenvalue weighted by atomic mass is 127. The van der Waals surface area contributed by atoms with E-state index in [0.717, 1.165) is 11.1 Å². The summed E-state index contributed by atoms with van der Waals surface area (Å²) >= 11 is 3.97. The fraction of sp³-hybridized carbons (Fsp3) is 0.333. The first kappa shape index (κ1) is 14.0. The normalized spacial score (nSPS) is 12.8. The van der Waals surface area contributed by atoms with Gasteiger partial charge in [-0.2, -0.15) is 0 Å². The van der Waals surface area contributed by atoms with Crippen LogP contribution >= 0.6 is 33.9 Å². The van der Waals surface area contributed by atoms with Gasteiger partial charge in [-0.15, -0.1) is 11.3 Å². The lowest BCUT2D eigenvalue weighted by atomic mass is 9.89. The summed E-state index contributed by atoms with van der Waals surface area (Å²) in [6.45, 7) is 8.40. The SMILES string of the molecule is Cc1cc(C)c(C)c(C(O)c2csc(I)c2)c1C. The van der Waals surface area contributed by atoms with Crippen molar-refractivity contribution in [3.63, 3.8) is 0 Å². The second kappa shape index (κ2) is 5.31. The molecular formula is C15H17IOS. The number of aliphatic hydroxyl groups is 1. The summed E-state index contributed by atoms with van der Waals surface area (Å²) in [6, 6.07) is 4.25. The van der Waals surface area contributed by atoms with Crippen molar-refractivity contribution in [3.05, 3.63) is 53.8 Å². The minimum absolute atomic E-state index is 0.511. The van der Waals surface area contributed by atoms with Crippen LogP contribution in [0.2, 0.25) is 0 Å². The van der Waals surface area contributed by atoms with E-state index in [0.29, 0.717) is 0 Å². The Labute approximate surface area is 126 Å². The van der Waals surface area contributed by atoms with Crippen molar-refractivity contribution in [2.75, 3.05) is 0 Å². The molecule has 0 bridgehead atoms. The third kappa shape index (κ3) is 2.49. The Balaban J connectivity index is 2.57. The molecule has 1 aromatic heterocycles. The van der Waals surface area contributed by atoms with E-state index in [1.54, 1.807) is 11.3 Å². The first-order valence-corrected chi connectivity index (χ1v) is 7.87. The molecule has 0 aliphatic rings. The molecule has 96 valence electrons. The van der Waals surface area contributed by atoms with Crippen LogP contribution in [0.4, 0.5) is 0 Å². The van der Waals surface area contributed by atoms with Crippen LogP contribution in [0.3, 0.4) is 0 Å². The van der Waals surface area contributed by atoms with Gasteiger partial charge in [-0.3, -0.25) is 0 Å². The Morgan fingerprint density at radius 3 is 2.06 bits per heavy atom. The number of thiophene rings is 1. The molecule has 1 unspecified atom stereocenters. The highest BCUT2D eigenvalue weighted by Crippen LogP contribution is 2.33. The van der Waals surface area contributed by atoms with E-state index < -0.39 is 6.10 Å².